The normalized spacial score (nSPS) is 20.3. The molecule has 2 aliphatic heterocycles. The Morgan fingerprint density at radius 3 is 2.22 bits per heavy atom. The summed E-state index contributed by atoms with van der Waals surface area (Å²) in [6, 6.07) is 0. The quantitative estimate of drug-likeness (QED) is 0.631. The Kier molecular flexibility index (Phi) is 5.61. The van der Waals surface area contributed by atoms with Crippen LogP contribution in [0.3, 0.4) is 0 Å². The van der Waals surface area contributed by atoms with Crippen LogP contribution in [0.1, 0.15) is 13.3 Å². The first kappa shape index (κ1) is 21.6. The van der Waals surface area contributed by atoms with Gasteiger partial charge in [-0.3, -0.25) is 4.99 Å². The monoisotopic (exact) mass is 407 g/mol. The fourth-order valence-electron chi connectivity index (χ4n) is 2.49. The first-order valence-electron chi connectivity index (χ1n) is 7.82. The number of rotatable bonds is 6. The third-order valence-corrected chi connectivity index (χ3v) is 4.09. The van der Waals surface area contributed by atoms with E-state index >= 15 is 0 Å². The molecule has 154 valence electrons. The molecule has 0 aliphatic carbocycles. The lowest BCUT2D eigenvalue weighted by Crippen LogP contribution is -2.62. The third-order valence-electron chi connectivity index (χ3n) is 4.09. The highest BCUT2D eigenvalue weighted by atomic mass is 19.4. The van der Waals surface area contributed by atoms with E-state index in [4.69, 9.17) is 0 Å². The van der Waals surface area contributed by atoms with E-state index in [2.05, 4.69) is 14.7 Å². The van der Waals surface area contributed by atoms with Gasteiger partial charge in [0.05, 0.1) is 0 Å². The van der Waals surface area contributed by atoms with Crippen LogP contribution >= 0.6 is 0 Å². The zero-order valence-electron chi connectivity index (χ0n) is 14.4. The van der Waals surface area contributed by atoms with Gasteiger partial charge in [0.15, 0.2) is 6.61 Å². The van der Waals surface area contributed by atoms with Crippen molar-refractivity contribution in [3.05, 3.63) is 11.6 Å². The SMILES string of the molecule is CN1CCC=C(C2=NCN=C2OCC(F)(F)C(F)(F)C(F)(F)C(C)(F)F)C1. The molecule has 0 fully saturated rings. The van der Waals surface area contributed by atoms with Crippen molar-refractivity contribution in [2.75, 3.05) is 33.4 Å². The second kappa shape index (κ2) is 7.02. The van der Waals surface area contributed by atoms with Gasteiger partial charge in [-0.25, -0.2) is 4.99 Å². The summed E-state index contributed by atoms with van der Waals surface area (Å²) in [5.74, 6) is -24.1. The van der Waals surface area contributed by atoms with Crippen LogP contribution in [0.25, 0.3) is 0 Å². The lowest BCUT2D eigenvalue weighted by atomic mass is 10.00. The number of hydrogen-bond donors (Lipinski definition) is 0. The van der Waals surface area contributed by atoms with Gasteiger partial charge in [-0.1, -0.05) is 6.08 Å². The van der Waals surface area contributed by atoms with Crippen LogP contribution in [0.4, 0.5) is 35.1 Å². The van der Waals surface area contributed by atoms with Crippen molar-refractivity contribution in [3.8, 4) is 0 Å². The van der Waals surface area contributed by atoms with Gasteiger partial charge in [0, 0.05) is 20.0 Å². The van der Waals surface area contributed by atoms with Gasteiger partial charge in [0.2, 0.25) is 5.90 Å². The van der Waals surface area contributed by atoms with Gasteiger partial charge in [-0.05, 0) is 19.0 Å². The molecular weight excluding hydrogens is 390 g/mol. The predicted octanol–water partition coefficient (Wildman–Crippen LogP) is 3.64. The van der Waals surface area contributed by atoms with Gasteiger partial charge in [-0.2, -0.15) is 35.1 Å². The number of halogens is 8. The number of hydrogen-bond acceptors (Lipinski definition) is 4. The Morgan fingerprint density at radius 2 is 1.67 bits per heavy atom. The van der Waals surface area contributed by atoms with E-state index in [0.29, 0.717) is 18.5 Å². The molecule has 0 saturated carbocycles. The Bertz CT molecular complexity index is 666. The maximum Gasteiger partial charge on any atom is 0.381 e. The maximum absolute atomic E-state index is 13.7. The van der Waals surface area contributed by atoms with E-state index in [-0.39, 0.29) is 12.4 Å². The van der Waals surface area contributed by atoms with E-state index in [0.717, 1.165) is 6.54 Å². The van der Waals surface area contributed by atoms with E-state index in [9.17, 15) is 35.1 Å². The lowest BCUT2D eigenvalue weighted by molar-refractivity contribution is -0.365. The molecule has 2 heterocycles. The summed E-state index contributed by atoms with van der Waals surface area (Å²) in [5, 5.41) is 0. The van der Waals surface area contributed by atoms with Crippen molar-refractivity contribution in [3.63, 3.8) is 0 Å². The van der Waals surface area contributed by atoms with E-state index in [1.54, 1.807) is 13.1 Å². The molecule has 0 bridgehead atoms. The van der Waals surface area contributed by atoms with Crippen molar-refractivity contribution < 1.29 is 39.9 Å². The van der Waals surface area contributed by atoms with Crippen molar-refractivity contribution >= 4 is 11.6 Å². The molecule has 0 spiro atoms. The number of alkyl halides is 8. The molecule has 12 heteroatoms. The number of ether oxygens (including phenoxy) is 1. The first-order chi connectivity index (χ1) is 12.2. The van der Waals surface area contributed by atoms with Gasteiger partial charge < -0.3 is 9.64 Å². The van der Waals surface area contributed by atoms with E-state index < -0.39 is 43.1 Å². The summed E-state index contributed by atoms with van der Waals surface area (Å²) in [5.41, 5.74) is 0.605. The summed E-state index contributed by atoms with van der Waals surface area (Å²) in [7, 11) is 1.78. The van der Waals surface area contributed by atoms with E-state index in [1.165, 1.54) is 0 Å². The van der Waals surface area contributed by atoms with Gasteiger partial charge in [0.25, 0.3) is 0 Å². The summed E-state index contributed by atoms with van der Waals surface area (Å²) >= 11 is 0. The smallest absolute Gasteiger partial charge is 0.381 e. The summed E-state index contributed by atoms with van der Waals surface area (Å²) in [6.45, 7) is -1.93. The van der Waals surface area contributed by atoms with Crippen LogP contribution in [0.2, 0.25) is 0 Å². The van der Waals surface area contributed by atoms with Crippen molar-refractivity contribution in [1.82, 2.24) is 4.90 Å². The highest BCUT2D eigenvalue weighted by molar-refractivity contribution is 6.46. The Balaban J connectivity index is 2.13. The average Bonchev–Trinajstić information content (AvgIpc) is 3.00. The molecule has 0 amide bonds. The molecule has 2 rings (SSSR count). The molecule has 0 unspecified atom stereocenters. The van der Waals surface area contributed by atoms with Crippen LogP contribution in [-0.4, -0.2) is 73.6 Å². The Morgan fingerprint density at radius 1 is 1.04 bits per heavy atom. The standard InChI is InChI=1S/C15H17F8N3O/c1-12(16,17)14(20,21)15(22,23)13(18,19)7-27-11-10(24-8-25-11)9-4-3-5-26(2)6-9/h4H,3,5-8H2,1-2H3. The minimum atomic E-state index is -6.35. The summed E-state index contributed by atoms with van der Waals surface area (Å²) < 4.78 is 111. The molecule has 0 aromatic rings. The van der Waals surface area contributed by atoms with E-state index in [1.807, 2.05) is 4.90 Å². The molecule has 2 aliphatic rings. The minimum absolute atomic E-state index is 0.0493. The highest BCUT2D eigenvalue weighted by Crippen LogP contribution is 2.52. The molecule has 27 heavy (non-hydrogen) atoms. The fraction of sp³-hybridized carbons (Fsp3) is 0.733. The Hall–Kier alpha value is -1.72. The zero-order valence-corrected chi connectivity index (χ0v) is 14.4. The molecule has 0 aromatic carbocycles. The van der Waals surface area contributed by atoms with Gasteiger partial charge in [0.1, 0.15) is 12.4 Å². The Labute approximate surface area is 149 Å². The van der Waals surface area contributed by atoms with Crippen LogP contribution in [-0.2, 0) is 4.74 Å². The highest BCUT2D eigenvalue weighted by Gasteiger charge is 2.79. The van der Waals surface area contributed by atoms with Crippen molar-refractivity contribution in [2.45, 2.75) is 37.0 Å². The average molecular weight is 407 g/mol. The second-order valence-corrected chi connectivity index (χ2v) is 6.40. The third kappa shape index (κ3) is 3.94. The van der Waals surface area contributed by atoms with Crippen LogP contribution in [0.5, 0.6) is 0 Å². The molecular formula is C15H17F8N3O. The predicted molar refractivity (Wildman–Crippen MR) is 81.3 cm³/mol. The van der Waals surface area contributed by atoms with Crippen molar-refractivity contribution in [2.24, 2.45) is 9.98 Å². The fourth-order valence-corrected chi connectivity index (χ4v) is 2.49. The molecule has 0 atom stereocenters. The largest absolute Gasteiger partial charge is 0.470 e. The first-order valence-corrected chi connectivity index (χ1v) is 7.82. The molecule has 4 nitrogen and oxygen atoms in total. The summed E-state index contributed by atoms with van der Waals surface area (Å²) in [6.07, 6.45) is 2.35. The molecule has 0 saturated heterocycles. The molecule has 0 radical (unpaired) electrons. The van der Waals surface area contributed by atoms with Crippen LogP contribution in [0.15, 0.2) is 21.6 Å². The summed E-state index contributed by atoms with van der Waals surface area (Å²) in [4.78, 5) is 9.42. The van der Waals surface area contributed by atoms with Crippen LogP contribution < -0.4 is 0 Å². The van der Waals surface area contributed by atoms with Crippen molar-refractivity contribution in [1.29, 1.82) is 0 Å². The zero-order chi connectivity index (χ0) is 20.7. The topological polar surface area (TPSA) is 37.2 Å². The number of nitrogens with zero attached hydrogens (tertiary/aromatic N) is 3. The second-order valence-electron chi connectivity index (χ2n) is 6.40. The van der Waals surface area contributed by atoms with Gasteiger partial charge >= 0.3 is 23.7 Å². The maximum atomic E-state index is 13.7. The molecule has 0 aromatic heterocycles. The van der Waals surface area contributed by atoms with Crippen LogP contribution in [0, 0.1) is 0 Å². The number of likely N-dealkylation sites (N-methyl/N-ethyl adjacent to an activating group) is 1. The lowest BCUT2D eigenvalue weighted by Gasteiger charge is -2.35. The molecule has 0 N–H and O–H groups in total. The minimum Gasteiger partial charge on any atom is -0.470 e. The number of aliphatic imine (C=N–C) groups is 2. The van der Waals surface area contributed by atoms with Gasteiger partial charge in [-0.15, -0.1) is 0 Å².